The number of allylic oxidation sites excluding steroid dienone is 5. The summed E-state index contributed by atoms with van der Waals surface area (Å²) >= 11 is 13.7. The van der Waals surface area contributed by atoms with E-state index in [1.165, 1.54) is 11.3 Å². The Morgan fingerprint density at radius 2 is 2.11 bits per heavy atom. The third-order valence-electron chi connectivity index (χ3n) is 3.56. The van der Waals surface area contributed by atoms with Crippen molar-refractivity contribution < 1.29 is 4.79 Å². The van der Waals surface area contributed by atoms with Crippen molar-refractivity contribution in [3.05, 3.63) is 69.7 Å². The maximum absolute atomic E-state index is 12.3. The molecular formula is C21H23Cl2N3OS. The van der Waals surface area contributed by atoms with Crippen LogP contribution >= 0.6 is 34.5 Å². The van der Waals surface area contributed by atoms with Crippen LogP contribution in [0.2, 0.25) is 10.0 Å². The first-order valence-electron chi connectivity index (χ1n) is 8.81. The van der Waals surface area contributed by atoms with Crippen LogP contribution in [0.25, 0.3) is 5.57 Å². The molecule has 148 valence electrons. The molecule has 0 radical (unpaired) electrons. The van der Waals surface area contributed by atoms with Crippen molar-refractivity contribution in [2.75, 3.05) is 5.32 Å². The number of rotatable bonds is 8. The molecule has 0 bridgehead atoms. The fourth-order valence-electron chi connectivity index (χ4n) is 2.50. The van der Waals surface area contributed by atoms with Gasteiger partial charge in [-0.2, -0.15) is 0 Å². The van der Waals surface area contributed by atoms with Gasteiger partial charge in [0.1, 0.15) is 0 Å². The standard InChI is InChI=1S/C21H23Cl2N3OS/c1-5-7-14(8-6-2)20-18(12-19(27)24-13(3)4)28-21(26-20)25-17-11-15(22)9-10-16(17)23/h5-11,13H,1,12H2,2-4H3,(H,24,27)(H,25,26)/b8-6-,14-7+. The quantitative estimate of drug-likeness (QED) is 0.471. The van der Waals surface area contributed by atoms with Crippen LogP contribution in [0.4, 0.5) is 10.8 Å². The van der Waals surface area contributed by atoms with Gasteiger partial charge in [-0.15, -0.1) is 11.3 Å². The molecule has 0 atom stereocenters. The molecule has 0 saturated heterocycles. The first-order valence-corrected chi connectivity index (χ1v) is 10.4. The second kappa shape index (κ2) is 10.5. The highest BCUT2D eigenvalue weighted by Gasteiger charge is 2.18. The SMILES string of the molecule is C=C/C=C(\C=C/C)c1nc(Nc2cc(Cl)ccc2Cl)sc1CC(=O)NC(C)C. The minimum Gasteiger partial charge on any atom is -0.354 e. The normalized spacial score (nSPS) is 11.9. The Morgan fingerprint density at radius 1 is 1.36 bits per heavy atom. The number of aromatic nitrogens is 1. The number of hydrogen-bond donors (Lipinski definition) is 2. The van der Waals surface area contributed by atoms with E-state index >= 15 is 0 Å². The summed E-state index contributed by atoms with van der Waals surface area (Å²) in [5, 5.41) is 7.87. The molecule has 1 aromatic carbocycles. The number of thiazole rings is 1. The molecule has 7 heteroatoms. The zero-order valence-electron chi connectivity index (χ0n) is 16.1. The molecule has 2 rings (SSSR count). The van der Waals surface area contributed by atoms with Gasteiger partial charge in [-0.1, -0.05) is 54.1 Å². The molecule has 0 aliphatic heterocycles. The summed E-state index contributed by atoms with van der Waals surface area (Å²) in [7, 11) is 0. The fraction of sp³-hybridized carbons (Fsp3) is 0.238. The van der Waals surface area contributed by atoms with E-state index in [9.17, 15) is 4.79 Å². The van der Waals surface area contributed by atoms with E-state index in [0.29, 0.717) is 20.9 Å². The van der Waals surface area contributed by atoms with Gasteiger partial charge in [-0.3, -0.25) is 4.79 Å². The molecule has 0 aliphatic rings. The lowest BCUT2D eigenvalue weighted by Gasteiger charge is -2.08. The molecule has 1 amide bonds. The number of anilines is 2. The third-order valence-corrected chi connectivity index (χ3v) is 5.09. The Labute approximate surface area is 180 Å². The number of carbonyl (C=O) groups is 1. The summed E-state index contributed by atoms with van der Waals surface area (Å²) in [6, 6.07) is 5.26. The molecule has 0 aliphatic carbocycles. The van der Waals surface area contributed by atoms with E-state index in [1.807, 2.05) is 39.0 Å². The number of benzene rings is 1. The topological polar surface area (TPSA) is 54.0 Å². The van der Waals surface area contributed by atoms with Crippen molar-refractivity contribution in [1.82, 2.24) is 10.3 Å². The van der Waals surface area contributed by atoms with E-state index in [0.717, 1.165) is 16.1 Å². The first-order chi connectivity index (χ1) is 13.3. The number of nitrogens with one attached hydrogen (secondary N) is 2. The third kappa shape index (κ3) is 6.23. The highest BCUT2D eigenvalue weighted by Crippen LogP contribution is 2.34. The maximum Gasteiger partial charge on any atom is 0.225 e. The zero-order valence-corrected chi connectivity index (χ0v) is 18.4. The van der Waals surface area contributed by atoms with Gasteiger partial charge in [0.05, 0.1) is 22.8 Å². The minimum absolute atomic E-state index is 0.0503. The van der Waals surface area contributed by atoms with Crippen LogP contribution < -0.4 is 10.6 Å². The van der Waals surface area contributed by atoms with Crippen molar-refractivity contribution in [1.29, 1.82) is 0 Å². The molecule has 28 heavy (non-hydrogen) atoms. The molecule has 1 heterocycles. The average Bonchev–Trinajstić information content (AvgIpc) is 2.99. The van der Waals surface area contributed by atoms with Gasteiger partial charge < -0.3 is 10.6 Å². The monoisotopic (exact) mass is 435 g/mol. The highest BCUT2D eigenvalue weighted by atomic mass is 35.5. The summed E-state index contributed by atoms with van der Waals surface area (Å²) in [6.45, 7) is 9.57. The van der Waals surface area contributed by atoms with E-state index in [4.69, 9.17) is 28.2 Å². The maximum atomic E-state index is 12.3. The summed E-state index contributed by atoms with van der Waals surface area (Å²) in [6.07, 6.45) is 7.68. The van der Waals surface area contributed by atoms with Crippen molar-refractivity contribution >= 4 is 56.8 Å². The van der Waals surface area contributed by atoms with Gasteiger partial charge >= 0.3 is 0 Å². The Balaban J connectivity index is 2.43. The highest BCUT2D eigenvalue weighted by molar-refractivity contribution is 7.16. The molecule has 0 fully saturated rings. The number of amides is 1. The van der Waals surface area contributed by atoms with Gasteiger partial charge in [-0.05, 0) is 39.0 Å². The van der Waals surface area contributed by atoms with E-state index in [1.54, 1.807) is 24.3 Å². The lowest BCUT2D eigenvalue weighted by Crippen LogP contribution is -2.31. The van der Waals surface area contributed by atoms with Gasteiger partial charge in [0.15, 0.2) is 5.13 Å². The second-order valence-electron chi connectivity index (χ2n) is 6.30. The van der Waals surface area contributed by atoms with Gasteiger partial charge in [-0.25, -0.2) is 4.98 Å². The van der Waals surface area contributed by atoms with Crippen molar-refractivity contribution in [2.24, 2.45) is 0 Å². The molecule has 0 unspecified atom stereocenters. The van der Waals surface area contributed by atoms with Gasteiger partial charge in [0, 0.05) is 21.5 Å². The molecule has 0 spiro atoms. The molecule has 1 aromatic heterocycles. The fourth-order valence-corrected chi connectivity index (χ4v) is 3.83. The summed E-state index contributed by atoms with van der Waals surface area (Å²) in [5.74, 6) is -0.0503. The Kier molecular flexibility index (Phi) is 8.30. The molecule has 0 saturated carbocycles. The Morgan fingerprint density at radius 3 is 2.75 bits per heavy atom. The van der Waals surface area contributed by atoms with E-state index < -0.39 is 0 Å². The Hall–Kier alpha value is -2.08. The van der Waals surface area contributed by atoms with Crippen LogP contribution in [-0.2, 0) is 11.2 Å². The van der Waals surface area contributed by atoms with E-state index in [-0.39, 0.29) is 18.4 Å². The van der Waals surface area contributed by atoms with Crippen LogP contribution in [0, 0.1) is 0 Å². The smallest absolute Gasteiger partial charge is 0.225 e. The molecular weight excluding hydrogens is 413 g/mol. The predicted molar refractivity (Wildman–Crippen MR) is 122 cm³/mol. The van der Waals surface area contributed by atoms with E-state index in [2.05, 4.69) is 17.2 Å². The molecule has 4 nitrogen and oxygen atoms in total. The number of carbonyl (C=O) groups excluding carboxylic acids is 1. The first kappa shape index (κ1) is 22.2. The average molecular weight is 436 g/mol. The van der Waals surface area contributed by atoms with Crippen LogP contribution in [0.15, 0.2) is 49.1 Å². The summed E-state index contributed by atoms with van der Waals surface area (Å²) in [4.78, 5) is 17.9. The van der Waals surface area contributed by atoms with Crippen LogP contribution in [0.1, 0.15) is 31.3 Å². The van der Waals surface area contributed by atoms with Gasteiger partial charge in [0.2, 0.25) is 5.91 Å². The predicted octanol–water partition coefficient (Wildman–Crippen LogP) is 6.41. The lowest BCUT2D eigenvalue weighted by atomic mass is 10.1. The minimum atomic E-state index is -0.0503. The van der Waals surface area contributed by atoms with Crippen LogP contribution in [0.5, 0.6) is 0 Å². The summed E-state index contributed by atoms with van der Waals surface area (Å²) < 4.78 is 0. The van der Waals surface area contributed by atoms with Crippen molar-refractivity contribution in [3.8, 4) is 0 Å². The number of nitrogens with zero attached hydrogens (tertiary/aromatic N) is 1. The van der Waals surface area contributed by atoms with Crippen LogP contribution in [-0.4, -0.2) is 16.9 Å². The van der Waals surface area contributed by atoms with Gasteiger partial charge in [0.25, 0.3) is 0 Å². The summed E-state index contributed by atoms with van der Waals surface area (Å²) in [5.41, 5.74) is 2.28. The van der Waals surface area contributed by atoms with Crippen LogP contribution in [0.3, 0.4) is 0 Å². The largest absolute Gasteiger partial charge is 0.354 e. The zero-order chi connectivity index (χ0) is 20.7. The van der Waals surface area contributed by atoms with Crippen molar-refractivity contribution in [2.45, 2.75) is 33.2 Å². The number of halogens is 2. The molecule has 2 N–H and O–H groups in total. The lowest BCUT2D eigenvalue weighted by molar-refractivity contribution is -0.120. The Bertz CT molecular complexity index is 916. The van der Waals surface area contributed by atoms with Crippen molar-refractivity contribution in [3.63, 3.8) is 0 Å². The second-order valence-corrected chi connectivity index (χ2v) is 8.22. The number of hydrogen-bond acceptors (Lipinski definition) is 4. The molecule has 2 aromatic rings.